The number of aryl methyl sites for hydroxylation is 3. The molecule has 1 aliphatic carbocycles. The zero-order valence-electron chi connectivity index (χ0n) is 12.9. The average Bonchev–Trinajstić information content (AvgIpc) is 2.66. The molecule has 1 aromatic carbocycles. The van der Waals surface area contributed by atoms with Crippen molar-refractivity contribution in [2.24, 2.45) is 5.92 Å². The number of carbonyl (C=O) groups excluding carboxylic acids is 2. The summed E-state index contributed by atoms with van der Waals surface area (Å²) in [4.78, 5) is 22.7. The number of benzene rings is 1. The van der Waals surface area contributed by atoms with Gasteiger partial charge in [-0.1, -0.05) is 17.7 Å². The summed E-state index contributed by atoms with van der Waals surface area (Å²) in [6.07, 6.45) is 3.11. The van der Waals surface area contributed by atoms with Crippen LogP contribution in [0.2, 0.25) is 0 Å². The Morgan fingerprint density at radius 1 is 1.24 bits per heavy atom. The molecule has 3 nitrogen and oxygen atoms in total. The van der Waals surface area contributed by atoms with Crippen LogP contribution < -0.4 is 0 Å². The first-order valence-electron chi connectivity index (χ1n) is 7.44. The van der Waals surface area contributed by atoms with E-state index in [2.05, 4.69) is 0 Å². The lowest BCUT2D eigenvalue weighted by molar-refractivity contribution is -0.113. The monoisotopic (exact) mass is 286 g/mol. The molecule has 1 N–H and O–H groups in total. The number of ketones is 1. The fourth-order valence-electron chi connectivity index (χ4n) is 3.30. The summed E-state index contributed by atoms with van der Waals surface area (Å²) in [5, 5.41) is 10.5. The second kappa shape index (κ2) is 6.25. The van der Waals surface area contributed by atoms with Gasteiger partial charge in [0.25, 0.3) is 0 Å². The van der Waals surface area contributed by atoms with E-state index in [4.69, 9.17) is 0 Å². The Bertz CT molecular complexity index is 588. The number of aldehydes is 1. The van der Waals surface area contributed by atoms with Gasteiger partial charge in [0.15, 0.2) is 5.78 Å². The van der Waals surface area contributed by atoms with Gasteiger partial charge in [-0.25, -0.2) is 0 Å². The number of hydrogen-bond acceptors (Lipinski definition) is 3. The Morgan fingerprint density at radius 2 is 1.86 bits per heavy atom. The van der Waals surface area contributed by atoms with E-state index in [0.29, 0.717) is 31.3 Å². The third kappa shape index (κ3) is 3.07. The van der Waals surface area contributed by atoms with Crippen LogP contribution in [0.25, 0.3) is 5.57 Å². The van der Waals surface area contributed by atoms with Crippen molar-refractivity contribution in [2.45, 2.75) is 46.5 Å². The molecule has 0 fully saturated rings. The van der Waals surface area contributed by atoms with Crippen molar-refractivity contribution in [1.82, 2.24) is 0 Å². The second-order valence-corrected chi connectivity index (χ2v) is 5.96. The molecule has 0 spiro atoms. The molecule has 0 radical (unpaired) electrons. The van der Waals surface area contributed by atoms with Crippen LogP contribution in [0.5, 0.6) is 0 Å². The van der Waals surface area contributed by atoms with Gasteiger partial charge in [0, 0.05) is 18.8 Å². The average molecular weight is 286 g/mol. The molecule has 112 valence electrons. The predicted molar refractivity (Wildman–Crippen MR) is 83.2 cm³/mol. The summed E-state index contributed by atoms with van der Waals surface area (Å²) in [6.45, 7) is 5.97. The number of aliphatic hydroxyl groups is 1. The highest BCUT2D eigenvalue weighted by Crippen LogP contribution is 2.39. The molecule has 1 aromatic rings. The normalized spacial score (nSPS) is 18.4. The Morgan fingerprint density at radius 3 is 2.43 bits per heavy atom. The molecule has 0 saturated heterocycles. The molecule has 1 aliphatic rings. The van der Waals surface area contributed by atoms with Crippen LogP contribution in [-0.4, -0.2) is 17.2 Å². The third-order valence-electron chi connectivity index (χ3n) is 4.16. The Hall–Kier alpha value is -1.90. The van der Waals surface area contributed by atoms with E-state index in [1.807, 2.05) is 32.9 Å². The standard InChI is InChI=1S/C18H22O3/c1-11-8-12(2)16(13(3)9-11)17-15(20)10-14(18(17)21)6-4-5-7-19/h7-9,14,21H,4-6,10H2,1-3H3. The summed E-state index contributed by atoms with van der Waals surface area (Å²) < 4.78 is 0. The van der Waals surface area contributed by atoms with E-state index >= 15 is 0 Å². The summed E-state index contributed by atoms with van der Waals surface area (Å²) in [5.74, 6) is 0.0900. The van der Waals surface area contributed by atoms with Crippen molar-refractivity contribution < 1.29 is 14.7 Å². The second-order valence-electron chi connectivity index (χ2n) is 5.96. The lowest BCUT2D eigenvalue weighted by Crippen LogP contribution is -2.01. The lowest BCUT2D eigenvalue weighted by atomic mass is 9.92. The van der Waals surface area contributed by atoms with Gasteiger partial charge in [0.1, 0.15) is 12.0 Å². The van der Waals surface area contributed by atoms with E-state index in [1.54, 1.807) is 0 Å². The summed E-state index contributed by atoms with van der Waals surface area (Å²) >= 11 is 0. The molecule has 0 bridgehead atoms. The van der Waals surface area contributed by atoms with Crippen molar-refractivity contribution in [3.05, 3.63) is 40.1 Å². The maximum absolute atomic E-state index is 12.3. The van der Waals surface area contributed by atoms with Crippen molar-refractivity contribution in [3.8, 4) is 0 Å². The Labute approximate surface area is 125 Å². The van der Waals surface area contributed by atoms with Crippen molar-refractivity contribution in [1.29, 1.82) is 0 Å². The topological polar surface area (TPSA) is 54.4 Å². The fourth-order valence-corrected chi connectivity index (χ4v) is 3.30. The summed E-state index contributed by atoms with van der Waals surface area (Å²) in [5.41, 5.74) is 4.57. The number of rotatable bonds is 5. The van der Waals surface area contributed by atoms with Gasteiger partial charge in [-0.05, 0) is 50.3 Å². The first-order valence-corrected chi connectivity index (χ1v) is 7.44. The quantitative estimate of drug-likeness (QED) is 0.661. The van der Waals surface area contributed by atoms with Crippen LogP contribution in [0.1, 0.15) is 47.9 Å². The van der Waals surface area contributed by atoms with Crippen LogP contribution >= 0.6 is 0 Å². The molecule has 1 atom stereocenters. The number of aliphatic hydroxyl groups excluding tert-OH is 1. The van der Waals surface area contributed by atoms with Gasteiger partial charge in [0.2, 0.25) is 0 Å². The van der Waals surface area contributed by atoms with Gasteiger partial charge in [-0.2, -0.15) is 0 Å². The van der Waals surface area contributed by atoms with Crippen LogP contribution in [0.15, 0.2) is 17.9 Å². The fraction of sp³-hybridized carbons (Fsp3) is 0.444. The first kappa shape index (κ1) is 15.5. The minimum absolute atomic E-state index is 0.0126. The van der Waals surface area contributed by atoms with E-state index in [-0.39, 0.29) is 17.5 Å². The highest BCUT2D eigenvalue weighted by molar-refractivity contribution is 6.24. The van der Waals surface area contributed by atoms with Gasteiger partial charge < -0.3 is 9.90 Å². The van der Waals surface area contributed by atoms with Crippen LogP contribution in [-0.2, 0) is 9.59 Å². The predicted octanol–water partition coefficient (Wildman–Crippen LogP) is 3.84. The minimum atomic E-state index is -0.132. The first-order chi connectivity index (χ1) is 9.95. The molecule has 21 heavy (non-hydrogen) atoms. The SMILES string of the molecule is Cc1cc(C)c(C2=C(O)C(CCCC=O)CC2=O)c(C)c1. The summed E-state index contributed by atoms with van der Waals surface area (Å²) in [6, 6.07) is 4.07. The zero-order valence-corrected chi connectivity index (χ0v) is 12.9. The Kier molecular flexibility index (Phi) is 4.61. The third-order valence-corrected chi connectivity index (χ3v) is 4.16. The molecule has 2 rings (SSSR count). The van der Waals surface area contributed by atoms with Gasteiger partial charge in [-0.3, -0.25) is 4.79 Å². The van der Waals surface area contributed by atoms with Crippen molar-refractivity contribution in [3.63, 3.8) is 0 Å². The molecule has 0 saturated carbocycles. The maximum Gasteiger partial charge on any atom is 0.167 e. The molecular formula is C18H22O3. The van der Waals surface area contributed by atoms with E-state index < -0.39 is 0 Å². The highest BCUT2D eigenvalue weighted by Gasteiger charge is 2.34. The minimum Gasteiger partial charge on any atom is -0.511 e. The number of hydrogen-bond donors (Lipinski definition) is 1. The molecule has 0 aromatic heterocycles. The van der Waals surface area contributed by atoms with E-state index in [9.17, 15) is 14.7 Å². The number of unbranched alkanes of at least 4 members (excludes halogenated alkanes) is 1. The molecule has 0 heterocycles. The van der Waals surface area contributed by atoms with Gasteiger partial charge >= 0.3 is 0 Å². The Balaban J connectivity index is 2.38. The molecular weight excluding hydrogens is 264 g/mol. The van der Waals surface area contributed by atoms with Crippen LogP contribution in [0.3, 0.4) is 0 Å². The number of allylic oxidation sites excluding steroid dienone is 2. The van der Waals surface area contributed by atoms with Crippen molar-refractivity contribution in [2.75, 3.05) is 0 Å². The van der Waals surface area contributed by atoms with Crippen LogP contribution in [0, 0.1) is 26.7 Å². The van der Waals surface area contributed by atoms with Gasteiger partial charge in [0.05, 0.1) is 5.57 Å². The van der Waals surface area contributed by atoms with Crippen LogP contribution in [0.4, 0.5) is 0 Å². The van der Waals surface area contributed by atoms with E-state index in [1.165, 1.54) is 0 Å². The molecule has 1 unspecified atom stereocenters. The van der Waals surface area contributed by atoms with Gasteiger partial charge in [-0.15, -0.1) is 0 Å². The molecule has 0 aliphatic heterocycles. The summed E-state index contributed by atoms with van der Waals surface area (Å²) in [7, 11) is 0. The largest absolute Gasteiger partial charge is 0.511 e. The van der Waals surface area contributed by atoms with Crippen molar-refractivity contribution >= 4 is 17.6 Å². The molecule has 3 heteroatoms. The number of carbonyl (C=O) groups is 2. The van der Waals surface area contributed by atoms with E-state index in [0.717, 1.165) is 28.5 Å². The zero-order chi connectivity index (χ0) is 15.6. The maximum atomic E-state index is 12.3. The lowest BCUT2D eigenvalue weighted by Gasteiger charge is -2.13. The highest BCUT2D eigenvalue weighted by atomic mass is 16.3. The molecule has 0 amide bonds. The smallest absolute Gasteiger partial charge is 0.167 e. The number of Topliss-reactive ketones (excluding diaryl/α,β-unsaturated/α-hetero) is 1.